The van der Waals surface area contributed by atoms with Crippen LogP contribution in [0, 0.1) is 0 Å². The highest BCUT2D eigenvalue weighted by molar-refractivity contribution is 9.10. The molecule has 22 heavy (non-hydrogen) atoms. The summed E-state index contributed by atoms with van der Waals surface area (Å²) in [4.78, 5) is 0. The lowest BCUT2D eigenvalue weighted by Crippen LogP contribution is -1.95. The monoisotopic (exact) mass is 352 g/mol. The zero-order chi connectivity index (χ0) is 14.8. The first-order valence-electron chi connectivity index (χ1n) is 7.46. The van der Waals surface area contributed by atoms with Crippen LogP contribution < -0.4 is 0 Å². The zero-order valence-corrected chi connectivity index (χ0v) is 13.6. The second kappa shape index (κ2) is 4.26. The summed E-state index contributed by atoms with van der Waals surface area (Å²) < 4.78 is 13.3. The molecule has 1 aliphatic carbocycles. The Hall–Kier alpha value is -2.00. The first-order chi connectivity index (χ1) is 10.7. The largest absolute Gasteiger partial charge is 0.459 e. The topological polar surface area (TPSA) is 26.3 Å². The predicted molar refractivity (Wildman–Crippen MR) is 93.3 cm³/mol. The Balaban J connectivity index is 2.06. The smallest absolute Gasteiger partial charge is 0.153 e. The van der Waals surface area contributed by atoms with Crippen LogP contribution in [0.3, 0.4) is 0 Å². The summed E-state index contributed by atoms with van der Waals surface area (Å²) in [6.45, 7) is 2.21. The van der Waals surface area contributed by atoms with Crippen LogP contribution in [0.5, 0.6) is 0 Å². The minimum atomic E-state index is 0.416. The Morgan fingerprint density at radius 1 is 1.09 bits per heavy atom. The standard InChI is InChI=1S/C19H13BrO2/c1-10-5-4-7-11-13-9-14(20)19-16(18(13)22-17(10)11)12-6-2-3-8-15(12)21-19/h2-4,6-10H,5H2,1H3. The van der Waals surface area contributed by atoms with Crippen molar-refractivity contribution in [1.82, 2.24) is 0 Å². The van der Waals surface area contributed by atoms with E-state index in [1.807, 2.05) is 18.2 Å². The van der Waals surface area contributed by atoms with Crippen molar-refractivity contribution < 1.29 is 8.83 Å². The van der Waals surface area contributed by atoms with Crippen LogP contribution in [-0.4, -0.2) is 0 Å². The Bertz CT molecular complexity index is 1080. The van der Waals surface area contributed by atoms with Crippen molar-refractivity contribution in [3.05, 3.63) is 52.2 Å². The number of halogens is 1. The van der Waals surface area contributed by atoms with Gasteiger partial charge in [0.05, 0.1) is 9.86 Å². The first kappa shape index (κ1) is 12.5. The maximum Gasteiger partial charge on any atom is 0.153 e. The fourth-order valence-electron chi connectivity index (χ4n) is 3.47. The van der Waals surface area contributed by atoms with Crippen LogP contribution in [0.15, 0.2) is 49.7 Å². The fraction of sp³-hybridized carbons (Fsp3) is 0.158. The van der Waals surface area contributed by atoms with Gasteiger partial charge in [-0.1, -0.05) is 37.3 Å². The van der Waals surface area contributed by atoms with Gasteiger partial charge in [-0.05, 0) is 34.5 Å². The van der Waals surface area contributed by atoms with Gasteiger partial charge in [-0.25, -0.2) is 0 Å². The van der Waals surface area contributed by atoms with E-state index in [9.17, 15) is 0 Å². The molecule has 0 spiro atoms. The van der Waals surface area contributed by atoms with Gasteiger partial charge in [-0.3, -0.25) is 0 Å². The van der Waals surface area contributed by atoms with Gasteiger partial charge in [0.1, 0.15) is 16.9 Å². The molecule has 0 saturated heterocycles. The number of para-hydroxylation sites is 1. The highest BCUT2D eigenvalue weighted by atomic mass is 79.9. The number of hydrogen-bond acceptors (Lipinski definition) is 2. The molecule has 4 aromatic rings. The molecule has 0 amide bonds. The van der Waals surface area contributed by atoms with E-state index in [0.717, 1.165) is 49.6 Å². The van der Waals surface area contributed by atoms with Gasteiger partial charge < -0.3 is 8.83 Å². The molecule has 5 rings (SSSR count). The molecule has 0 radical (unpaired) electrons. The third kappa shape index (κ3) is 1.49. The molecule has 0 bridgehead atoms. The SMILES string of the molecule is CC1CC=Cc2c1oc1c2cc(Br)c2oc3ccccc3c21. The number of benzene rings is 2. The van der Waals surface area contributed by atoms with Crippen LogP contribution in [0.4, 0.5) is 0 Å². The summed E-state index contributed by atoms with van der Waals surface area (Å²) in [5.41, 5.74) is 3.90. The zero-order valence-electron chi connectivity index (χ0n) is 12.0. The van der Waals surface area contributed by atoms with Crippen LogP contribution >= 0.6 is 15.9 Å². The van der Waals surface area contributed by atoms with Crippen molar-refractivity contribution >= 4 is 54.9 Å². The minimum absolute atomic E-state index is 0.416. The van der Waals surface area contributed by atoms with Crippen molar-refractivity contribution in [2.75, 3.05) is 0 Å². The number of furan rings is 2. The maximum atomic E-state index is 6.31. The highest BCUT2D eigenvalue weighted by Crippen LogP contribution is 2.44. The molecule has 2 aromatic heterocycles. The van der Waals surface area contributed by atoms with Crippen LogP contribution in [-0.2, 0) is 0 Å². The van der Waals surface area contributed by atoms with Gasteiger partial charge in [0.25, 0.3) is 0 Å². The van der Waals surface area contributed by atoms with E-state index in [1.165, 1.54) is 5.56 Å². The Labute approximate surface area is 135 Å². The van der Waals surface area contributed by atoms with Crippen molar-refractivity contribution in [3.8, 4) is 0 Å². The van der Waals surface area contributed by atoms with Crippen LogP contribution in [0.1, 0.15) is 30.6 Å². The Kier molecular flexibility index (Phi) is 2.43. The third-order valence-corrected chi connectivity index (χ3v) is 5.13. The van der Waals surface area contributed by atoms with Crippen molar-refractivity contribution in [1.29, 1.82) is 0 Å². The summed E-state index contributed by atoms with van der Waals surface area (Å²) in [7, 11) is 0. The van der Waals surface area contributed by atoms with Gasteiger partial charge in [0, 0.05) is 22.3 Å². The number of allylic oxidation sites excluding steroid dienone is 1. The lowest BCUT2D eigenvalue weighted by molar-refractivity contribution is 0.505. The van der Waals surface area contributed by atoms with Gasteiger partial charge in [0.2, 0.25) is 0 Å². The summed E-state index contributed by atoms with van der Waals surface area (Å²) in [5.74, 6) is 1.50. The molecule has 3 heteroatoms. The second-order valence-electron chi connectivity index (χ2n) is 5.96. The molecule has 0 aliphatic heterocycles. The highest BCUT2D eigenvalue weighted by Gasteiger charge is 2.24. The van der Waals surface area contributed by atoms with Crippen molar-refractivity contribution in [2.45, 2.75) is 19.3 Å². The van der Waals surface area contributed by atoms with E-state index in [1.54, 1.807) is 0 Å². The minimum Gasteiger partial charge on any atom is -0.459 e. The molecule has 1 atom stereocenters. The summed E-state index contributed by atoms with van der Waals surface area (Å²) in [6, 6.07) is 10.2. The summed E-state index contributed by atoms with van der Waals surface area (Å²) in [6.07, 6.45) is 5.44. The van der Waals surface area contributed by atoms with E-state index in [2.05, 4.69) is 47.1 Å². The van der Waals surface area contributed by atoms with Gasteiger partial charge in [-0.15, -0.1) is 0 Å². The van der Waals surface area contributed by atoms with E-state index in [-0.39, 0.29) is 0 Å². The lowest BCUT2D eigenvalue weighted by atomic mass is 9.94. The molecule has 2 heterocycles. The number of rotatable bonds is 0. The van der Waals surface area contributed by atoms with E-state index < -0.39 is 0 Å². The lowest BCUT2D eigenvalue weighted by Gasteiger charge is -2.10. The Morgan fingerprint density at radius 2 is 1.95 bits per heavy atom. The molecule has 2 nitrogen and oxygen atoms in total. The van der Waals surface area contributed by atoms with Crippen LogP contribution in [0.25, 0.3) is 39.0 Å². The van der Waals surface area contributed by atoms with Gasteiger partial charge >= 0.3 is 0 Å². The molecular weight excluding hydrogens is 340 g/mol. The van der Waals surface area contributed by atoms with E-state index in [4.69, 9.17) is 8.83 Å². The molecule has 1 aliphatic rings. The first-order valence-corrected chi connectivity index (χ1v) is 8.26. The van der Waals surface area contributed by atoms with Crippen molar-refractivity contribution in [2.24, 2.45) is 0 Å². The number of fused-ring (bicyclic) bond motifs is 7. The molecule has 0 fully saturated rings. The molecule has 0 N–H and O–H groups in total. The van der Waals surface area contributed by atoms with Gasteiger partial charge in [0.15, 0.2) is 5.58 Å². The average molecular weight is 353 g/mol. The van der Waals surface area contributed by atoms with Crippen LogP contribution in [0.2, 0.25) is 0 Å². The van der Waals surface area contributed by atoms with E-state index in [0.29, 0.717) is 5.92 Å². The summed E-state index contributed by atoms with van der Waals surface area (Å²) in [5, 5.41) is 3.32. The quantitative estimate of drug-likeness (QED) is 0.355. The molecule has 2 aromatic carbocycles. The average Bonchev–Trinajstić information content (AvgIpc) is 3.07. The maximum absolute atomic E-state index is 6.31. The summed E-state index contributed by atoms with van der Waals surface area (Å²) >= 11 is 3.66. The molecule has 108 valence electrons. The Morgan fingerprint density at radius 3 is 2.86 bits per heavy atom. The normalized spacial score (nSPS) is 17.6. The van der Waals surface area contributed by atoms with E-state index >= 15 is 0 Å². The molecular formula is C19H13BrO2. The molecule has 1 unspecified atom stereocenters. The predicted octanol–water partition coefficient (Wildman–Crippen LogP) is 6.62. The molecule has 0 saturated carbocycles. The number of hydrogen-bond donors (Lipinski definition) is 0. The second-order valence-corrected chi connectivity index (χ2v) is 6.81. The third-order valence-electron chi connectivity index (χ3n) is 4.54. The van der Waals surface area contributed by atoms with Crippen molar-refractivity contribution in [3.63, 3.8) is 0 Å². The fourth-order valence-corrected chi connectivity index (χ4v) is 3.98. The van der Waals surface area contributed by atoms with Gasteiger partial charge in [-0.2, -0.15) is 0 Å².